The summed E-state index contributed by atoms with van der Waals surface area (Å²) >= 11 is 0. The van der Waals surface area contributed by atoms with Gasteiger partial charge in [-0.25, -0.2) is 4.79 Å². The van der Waals surface area contributed by atoms with E-state index in [4.69, 9.17) is 15.2 Å². The normalized spacial score (nSPS) is 17.6. The molecule has 0 saturated carbocycles. The molecule has 1 atom stereocenters. The van der Waals surface area contributed by atoms with Crippen LogP contribution in [0.15, 0.2) is 36.4 Å². The number of carbonyl (C=O) groups excluding carboxylic acids is 1. The second kappa shape index (κ2) is 7.02. The van der Waals surface area contributed by atoms with Gasteiger partial charge in [-0.2, -0.15) is 0 Å². The molecule has 0 unspecified atom stereocenters. The van der Waals surface area contributed by atoms with Crippen LogP contribution in [0.2, 0.25) is 0 Å². The smallest absolute Gasteiger partial charge is 0.405 e. The maximum Gasteiger partial charge on any atom is 0.405 e. The van der Waals surface area contributed by atoms with Gasteiger partial charge in [0, 0.05) is 5.41 Å². The summed E-state index contributed by atoms with van der Waals surface area (Å²) in [6.45, 7) is 9.11. The Balaban J connectivity index is 1.91. The summed E-state index contributed by atoms with van der Waals surface area (Å²) in [5.41, 5.74) is 10.8. The zero-order valence-electron chi connectivity index (χ0n) is 16.0. The zero-order valence-corrected chi connectivity index (χ0v) is 16.0. The Morgan fingerprint density at radius 2 is 1.88 bits per heavy atom. The summed E-state index contributed by atoms with van der Waals surface area (Å²) in [6.07, 6.45) is 0.829. The number of rotatable bonds is 5. The fourth-order valence-electron chi connectivity index (χ4n) is 3.74. The van der Waals surface area contributed by atoms with Crippen molar-refractivity contribution in [3.63, 3.8) is 0 Å². The van der Waals surface area contributed by atoms with Crippen molar-refractivity contribution in [1.82, 2.24) is 0 Å². The average molecular weight is 353 g/mol. The molecule has 0 aromatic heterocycles. The van der Waals surface area contributed by atoms with Crippen molar-refractivity contribution in [2.75, 3.05) is 6.61 Å². The molecule has 26 heavy (non-hydrogen) atoms. The van der Waals surface area contributed by atoms with Crippen LogP contribution in [0.4, 0.5) is 4.79 Å². The topological polar surface area (TPSA) is 61.6 Å². The number of carbonyl (C=O) groups is 1. The Bertz CT molecular complexity index is 826. The molecule has 0 radical (unpaired) electrons. The van der Waals surface area contributed by atoms with Gasteiger partial charge in [-0.1, -0.05) is 45.0 Å². The van der Waals surface area contributed by atoms with Crippen LogP contribution >= 0.6 is 0 Å². The van der Waals surface area contributed by atoms with E-state index in [2.05, 4.69) is 58.0 Å². The summed E-state index contributed by atoms with van der Waals surface area (Å²) in [5.74, 6) is 0.938. The Hall–Kier alpha value is -2.49. The Morgan fingerprint density at radius 3 is 2.54 bits per heavy atom. The zero-order chi connectivity index (χ0) is 18.9. The van der Waals surface area contributed by atoms with E-state index in [1.165, 1.54) is 5.56 Å². The molecule has 0 heterocycles. The maximum absolute atomic E-state index is 11.3. The van der Waals surface area contributed by atoms with E-state index in [0.29, 0.717) is 0 Å². The largest absolute Gasteiger partial charge is 0.493 e. The first-order valence-corrected chi connectivity index (χ1v) is 9.14. The van der Waals surface area contributed by atoms with Gasteiger partial charge in [-0.05, 0) is 59.7 Å². The second-order valence-corrected chi connectivity index (χ2v) is 7.72. The molecule has 0 saturated heterocycles. The Labute approximate surface area is 155 Å². The molecule has 0 fully saturated rings. The van der Waals surface area contributed by atoms with Gasteiger partial charge < -0.3 is 15.2 Å². The highest BCUT2D eigenvalue weighted by Gasteiger charge is 2.41. The summed E-state index contributed by atoms with van der Waals surface area (Å²) < 4.78 is 11.2. The van der Waals surface area contributed by atoms with Gasteiger partial charge >= 0.3 is 6.09 Å². The minimum Gasteiger partial charge on any atom is -0.493 e. The lowest BCUT2D eigenvalue weighted by molar-refractivity contribution is 0.0392. The summed E-state index contributed by atoms with van der Waals surface area (Å²) in [7, 11) is 0. The predicted octanol–water partition coefficient (Wildman–Crippen LogP) is 5.17. The fourth-order valence-corrected chi connectivity index (χ4v) is 3.74. The number of hydrogen-bond acceptors (Lipinski definition) is 3. The van der Waals surface area contributed by atoms with Crippen molar-refractivity contribution in [2.45, 2.75) is 46.6 Å². The van der Waals surface area contributed by atoms with E-state index in [9.17, 15) is 4.79 Å². The number of hydrogen-bond donors (Lipinski definition) is 1. The third-order valence-corrected chi connectivity index (χ3v) is 4.99. The number of nitrogens with two attached hydrogens (primary N) is 1. The van der Waals surface area contributed by atoms with Crippen LogP contribution in [0.25, 0.3) is 11.1 Å². The van der Waals surface area contributed by atoms with E-state index in [0.717, 1.165) is 47.5 Å². The monoisotopic (exact) mass is 353 g/mol. The molecule has 1 aliphatic carbocycles. The van der Waals surface area contributed by atoms with E-state index < -0.39 is 6.09 Å². The first kappa shape index (κ1) is 18.3. The fraction of sp³-hybridized carbons (Fsp3) is 0.409. The van der Waals surface area contributed by atoms with Gasteiger partial charge in [0.15, 0.2) is 0 Å². The molecule has 2 N–H and O–H groups in total. The van der Waals surface area contributed by atoms with Crippen LogP contribution in [0.1, 0.15) is 50.0 Å². The molecular weight excluding hydrogens is 326 g/mol. The third kappa shape index (κ3) is 3.55. The summed E-state index contributed by atoms with van der Waals surface area (Å²) in [4.78, 5) is 11.3. The van der Waals surface area contributed by atoms with Crippen molar-refractivity contribution < 1.29 is 14.3 Å². The lowest BCUT2D eigenvalue weighted by Crippen LogP contribution is -2.25. The van der Waals surface area contributed by atoms with Crippen LogP contribution in [0.5, 0.6) is 5.75 Å². The van der Waals surface area contributed by atoms with Crippen LogP contribution in [-0.4, -0.2) is 12.7 Å². The van der Waals surface area contributed by atoms with Gasteiger partial charge in [0.25, 0.3) is 0 Å². The van der Waals surface area contributed by atoms with Crippen LogP contribution in [0, 0.1) is 12.3 Å². The minimum atomic E-state index is -0.724. The van der Waals surface area contributed by atoms with Crippen molar-refractivity contribution >= 4 is 6.09 Å². The highest BCUT2D eigenvalue weighted by molar-refractivity contribution is 5.69. The number of ether oxygens (including phenoxy) is 2. The molecule has 138 valence electrons. The molecule has 4 heteroatoms. The number of aryl methyl sites for hydroxylation is 1. The second-order valence-electron chi connectivity index (χ2n) is 7.72. The number of benzene rings is 2. The first-order chi connectivity index (χ1) is 12.3. The van der Waals surface area contributed by atoms with Gasteiger partial charge in [0.1, 0.15) is 11.9 Å². The lowest BCUT2D eigenvalue weighted by Gasteiger charge is -2.26. The van der Waals surface area contributed by atoms with Gasteiger partial charge in [0.05, 0.1) is 6.61 Å². The van der Waals surface area contributed by atoms with E-state index >= 15 is 0 Å². The van der Waals surface area contributed by atoms with Crippen molar-refractivity contribution in [2.24, 2.45) is 11.1 Å². The molecule has 2 aromatic carbocycles. The minimum absolute atomic E-state index is 0.163. The Morgan fingerprint density at radius 1 is 1.19 bits per heavy atom. The van der Waals surface area contributed by atoms with Crippen molar-refractivity contribution in [1.29, 1.82) is 0 Å². The quantitative estimate of drug-likeness (QED) is 0.806. The molecule has 4 nitrogen and oxygen atoms in total. The van der Waals surface area contributed by atoms with E-state index in [1.54, 1.807) is 0 Å². The van der Waals surface area contributed by atoms with Crippen molar-refractivity contribution in [3.05, 3.63) is 53.1 Å². The predicted molar refractivity (Wildman–Crippen MR) is 103 cm³/mol. The van der Waals surface area contributed by atoms with Gasteiger partial charge in [-0.3, -0.25) is 0 Å². The molecule has 3 rings (SSSR count). The van der Waals surface area contributed by atoms with Crippen LogP contribution in [-0.2, 0) is 11.2 Å². The third-order valence-electron chi connectivity index (χ3n) is 4.99. The average Bonchev–Trinajstić information content (AvgIpc) is 2.82. The summed E-state index contributed by atoms with van der Waals surface area (Å²) in [5, 5.41) is 0. The number of fused-ring (bicyclic) bond motifs is 1. The number of primary amides is 1. The molecule has 0 aliphatic heterocycles. The maximum atomic E-state index is 11.3. The molecule has 1 aliphatic rings. The van der Waals surface area contributed by atoms with Gasteiger partial charge in [0.2, 0.25) is 0 Å². The molecule has 0 spiro atoms. The Kier molecular flexibility index (Phi) is 4.94. The van der Waals surface area contributed by atoms with Crippen LogP contribution in [0.3, 0.4) is 0 Å². The van der Waals surface area contributed by atoms with Gasteiger partial charge in [-0.15, -0.1) is 0 Å². The SMILES string of the molecule is CCCOc1ccc(-c2ccc3c(c2)CC(C)(C)[C@H]3OC(N)=O)cc1C. The summed E-state index contributed by atoms with van der Waals surface area (Å²) in [6, 6.07) is 12.6. The first-order valence-electron chi connectivity index (χ1n) is 9.14. The van der Waals surface area contributed by atoms with Crippen LogP contribution < -0.4 is 10.5 Å². The highest BCUT2D eigenvalue weighted by Crippen LogP contribution is 2.48. The van der Waals surface area contributed by atoms with E-state index in [1.807, 2.05) is 6.07 Å². The van der Waals surface area contributed by atoms with E-state index in [-0.39, 0.29) is 11.5 Å². The molecule has 0 bridgehead atoms. The standard InChI is InChI=1S/C22H27NO3/c1-5-10-25-19-9-7-15(11-14(19)2)16-6-8-18-17(12-16)13-22(3,4)20(18)26-21(23)24/h6-9,11-12,20H,5,10,13H2,1-4H3,(H2,23,24)/t20-/m0/s1. The number of amides is 1. The lowest BCUT2D eigenvalue weighted by atomic mass is 9.87. The molecule has 2 aromatic rings. The van der Waals surface area contributed by atoms with Crippen molar-refractivity contribution in [3.8, 4) is 16.9 Å². The molecular formula is C22H27NO3. The highest BCUT2D eigenvalue weighted by atomic mass is 16.6. The molecule has 1 amide bonds.